The van der Waals surface area contributed by atoms with E-state index in [0.29, 0.717) is 46.1 Å². The second-order valence-corrected chi connectivity index (χ2v) is 12.5. The highest BCUT2D eigenvalue weighted by atomic mass is 16.5. The van der Waals surface area contributed by atoms with Crippen LogP contribution in [0.15, 0.2) is 67.0 Å². The van der Waals surface area contributed by atoms with E-state index in [4.69, 9.17) is 4.74 Å². The second kappa shape index (κ2) is 11.4. The summed E-state index contributed by atoms with van der Waals surface area (Å²) in [4.78, 5) is 55.4. The van der Waals surface area contributed by atoms with Gasteiger partial charge in [0.1, 0.15) is 29.7 Å². The highest BCUT2D eigenvalue weighted by Crippen LogP contribution is 2.32. The van der Waals surface area contributed by atoms with Crippen molar-refractivity contribution in [2.24, 2.45) is 0 Å². The first-order valence-corrected chi connectivity index (χ1v) is 15.1. The fraction of sp³-hybridized carbons (Fsp3) is 0.235. The zero-order valence-corrected chi connectivity index (χ0v) is 25.9. The number of aromatic nitrogens is 4. The van der Waals surface area contributed by atoms with Gasteiger partial charge in [-0.1, -0.05) is 20.8 Å². The maximum Gasteiger partial charge on any atom is 0.324 e. The number of benzene rings is 3. The molecule has 3 aromatic carbocycles. The molecular weight excluding hydrogens is 600 g/mol. The maximum absolute atomic E-state index is 13.0. The summed E-state index contributed by atoms with van der Waals surface area (Å²) in [5.74, 6) is 0.436. The van der Waals surface area contributed by atoms with Crippen LogP contribution in [0.2, 0.25) is 0 Å². The van der Waals surface area contributed by atoms with Gasteiger partial charge in [0.2, 0.25) is 11.8 Å². The lowest BCUT2D eigenvalue weighted by molar-refractivity contribution is -0.136. The van der Waals surface area contributed by atoms with E-state index in [1.54, 1.807) is 18.5 Å². The molecule has 7 rings (SSSR count). The molecule has 4 N–H and O–H groups in total. The summed E-state index contributed by atoms with van der Waals surface area (Å²) in [5, 5.41) is 15.0. The molecule has 2 aromatic heterocycles. The zero-order valence-electron chi connectivity index (χ0n) is 25.9. The predicted molar refractivity (Wildman–Crippen MR) is 172 cm³/mol. The number of anilines is 2. The number of fused-ring (bicyclic) bond motifs is 2. The van der Waals surface area contributed by atoms with E-state index in [-0.39, 0.29) is 36.2 Å². The van der Waals surface area contributed by atoms with Crippen molar-refractivity contribution in [2.45, 2.75) is 51.6 Å². The molecule has 0 bridgehead atoms. The van der Waals surface area contributed by atoms with Gasteiger partial charge < -0.3 is 15.0 Å². The highest BCUT2D eigenvalue weighted by Gasteiger charge is 2.39. The van der Waals surface area contributed by atoms with Crippen molar-refractivity contribution >= 4 is 46.3 Å². The van der Waals surface area contributed by atoms with Crippen molar-refractivity contribution in [3.05, 3.63) is 89.9 Å². The molecule has 0 aliphatic carbocycles. The largest absolute Gasteiger partial charge is 0.457 e. The molecule has 5 amide bonds. The number of nitrogens with one attached hydrogen (secondary N) is 4. The molecule has 5 aromatic rings. The fourth-order valence-electron chi connectivity index (χ4n) is 5.68. The number of aromatic amines is 1. The summed E-state index contributed by atoms with van der Waals surface area (Å²) in [6.45, 7) is 6.35. The molecule has 1 fully saturated rings. The first-order valence-electron chi connectivity index (χ1n) is 15.1. The molecule has 13 nitrogen and oxygen atoms in total. The van der Waals surface area contributed by atoms with Crippen LogP contribution in [0.5, 0.6) is 11.5 Å². The van der Waals surface area contributed by atoms with E-state index in [2.05, 4.69) is 37.2 Å². The lowest BCUT2D eigenvalue weighted by Crippen LogP contribution is -2.52. The molecular formula is C34H31N8O5. The number of imidazole rings is 1. The second-order valence-electron chi connectivity index (χ2n) is 12.5. The smallest absolute Gasteiger partial charge is 0.324 e. The standard InChI is InChI=1S/C34H31N8O5/c1-34(2,3)28-16-29(40-39-28)37-33(46)36-20-4-6-21(7-5-20)42-18-35-25-15-23(9-11-26(25)42)47-22-8-10-24-19(14-22)17-41(32(24)45)27-12-13-30(43)38-31(27)44/h4-11,15-16,18,27H,12-13,17H2,1-3H3,(H,38,43,44)(H3,36,37,39,40,46). The van der Waals surface area contributed by atoms with Gasteiger partial charge in [0, 0.05) is 53.5 Å². The van der Waals surface area contributed by atoms with Crippen LogP contribution in [-0.2, 0) is 21.5 Å². The highest BCUT2D eigenvalue weighted by molar-refractivity contribution is 6.05. The van der Waals surface area contributed by atoms with Gasteiger partial charge in [-0.05, 0) is 60.5 Å². The van der Waals surface area contributed by atoms with Crippen LogP contribution in [0.25, 0.3) is 16.7 Å². The van der Waals surface area contributed by atoms with E-state index in [9.17, 15) is 19.2 Å². The van der Waals surface area contributed by atoms with Crippen molar-refractivity contribution in [1.82, 2.24) is 30.0 Å². The molecule has 1 unspecified atom stereocenters. The van der Waals surface area contributed by atoms with Gasteiger partial charge in [-0.15, -0.1) is 0 Å². The Kier molecular flexibility index (Phi) is 7.23. The van der Waals surface area contributed by atoms with Crippen molar-refractivity contribution in [1.29, 1.82) is 0 Å². The van der Waals surface area contributed by atoms with E-state index >= 15 is 0 Å². The SMILES string of the molecule is CC(C)(C)c1cc(NC(=O)Nc2ccc(-n3cnc4cc(Oc5[c]c6c(cc5)C(=O)N(C5CCC(=O)NC5=O)C6)ccc43)cc2)[nH]n1. The number of rotatable bonds is 6. The molecule has 47 heavy (non-hydrogen) atoms. The first-order chi connectivity index (χ1) is 22.5. The third-order valence-electron chi connectivity index (χ3n) is 8.15. The summed E-state index contributed by atoms with van der Waals surface area (Å²) < 4.78 is 8.01. The van der Waals surface area contributed by atoms with Crippen LogP contribution in [0.4, 0.5) is 16.3 Å². The van der Waals surface area contributed by atoms with Crippen molar-refractivity contribution in [3.63, 3.8) is 0 Å². The van der Waals surface area contributed by atoms with Gasteiger partial charge >= 0.3 is 6.03 Å². The fourth-order valence-corrected chi connectivity index (χ4v) is 5.68. The summed E-state index contributed by atoms with van der Waals surface area (Å²) in [6, 6.07) is 20.2. The van der Waals surface area contributed by atoms with Crippen LogP contribution in [0, 0.1) is 6.07 Å². The van der Waals surface area contributed by atoms with Crippen LogP contribution in [0.3, 0.4) is 0 Å². The number of urea groups is 1. The number of hydrogen-bond donors (Lipinski definition) is 4. The van der Waals surface area contributed by atoms with Crippen molar-refractivity contribution < 1.29 is 23.9 Å². The molecule has 4 heterocycles. The summed E-state index contributed by atoms with van der Waals surface area (Å²) in [5.41, 5.74) is 4.85. The number of carbonyl (C=O) groups is 4. The van der Waals surface area contributed by atoms with Crippen molar-refractivity contribution in [2.75, 3.05) is 10.6 Å². The maximum atomic E-state index is 13.0. The number of nitrogens with zero attached hydrogens (tertiary/aromatic N) is 4. The molecule has 2 aliphatic rings. The predicted octanol–water partition coefficient (Wildman–Crippen LogP) is 5.04. The van der Waals surface area contributed by atoms with E-state index < -0.39 is 11.9 Å². The lowest BCUT2D eigenvalue weighted by Gasteiger charge is -2.29. The van der Waals surface area contributed by atoms with E-state index in [0.717, 1.165) is 16.9 Å². The minimum atomic E-state index is -0.690. The van der Waals surface area contributed by atoms with Crippen LogP contribution in [0.1, 0.15) is 55.2 Å². The molecule has 1 radical (unpaired) electrons. The summed E-state index contributed by atoms with van der Waals surface area (Å²) in [6.07, 6.45) is 2.20. The van der Waals surface area contributed by atoms with E-state index in [1.165, 1.54) is 4.90 Å². The van der Waals surface area contributed by atoms with Crippen LogP contribution in [-0.4, -0.2) is 54.4 Å². The Morgan fingerprint density at radius 1 is 1.02 bits per heavy atom. The Morgan fingerprint density at radius 3 is 2.57 bits per heavy atom. The Hall–Kier alpha value is -5.98. The molecule has 13 heteroatoms. The number of carbonyl (C=O) groups excluding carboxylic acids is 4. The van der Waals surface area contributed by atoms with Crippen LogP contribution < -0.4 is 20.7 Å². The number of ether oxygens (including phenoxy) is 1. The van der Waals surface area contributed by atoms with Gasteiger partial charge in [0.15, 0.2) is 0 Å². The number of H-pyrrole nitrogens is 1. The molecule has 1 atom stereocenters. The van der Waals surface area contributed by atoms with Gasteiger partial charge in [-0.2, -0.15) is 5.10 Å². The summed E-state index contributed by atoms with van der Waals surface area (Å²) in [7, 11) is 0. The number of hydrogen-bond acceptors (Lipinski definition) is 7. The molecule has 237 valence electrons. The Morgan fingerprint density at radius 2 is 1.83 bits per heavy atom. The number of piperidine rings is 1. The zero-order chi connectivity index (χ0) is 32.9. The Bertz CT molecular complexity index is 2060. The van der Waals surface area contributed by atoms with Gasteiger partial charge in [0.05, 0.1) is 16.7 Å². The van der Waals surface area contributed by atoms with Gasteiger partial charge in [-0.25, -0.2) is 9.78 Å². The normalized spacial score (nSPS) is 16.3. The topological polar surface area (TPSA) is 163 Å². The summed E-state index contributed by atoms with van der Waals surface area (Å²) >= 11 is 0. The molecule has 0 spiro atoms. The average Bonchev–Trinajstić information content (AvgIpc) is 3.75. The minimum Gasteiger partial charge on any atom is -0.457 e. The quantitative estimate of drug-likeness (QED) is 0.191. The molecule has 1 saturated heterocycles. The van der Waals surface area contributed by atoms with Crippen molar-refractivity contribution in [3.8, 4) is 17.2 Å². The molecule has 0 saturated carbocycles. The Labute approximate surface area is 269 Å². The first kappa shape index (κ1) is 29.7. The number of imide groups is 1. The lowest BCUT2D eigenvalue weighted by atomic mass is 9.92. The van der Waals surface area contributed by atoms with Gasteiger partial charge in [0.25, 0.3) is 5.91 Å². The van der Waals surface area contributed by atoms with Crippen LogP contribution >= 0.6 is 0 Å². The number of amides is 5. The third-order valence-corrected chi connectivity index (χ3v) is 8.15. The Balaban J connectivity index is 1.00. The minimum absolute atomic E-state index is 0.136. The van der Waals surface area contributed by atoms with E-state index in [1.807, 2.05) is 73.9 Å². The molecule has 2 aliphatic heterocycles. The monoisotopic (exact) mass is 631 g/mol. The average molecular weight is 632 g/mol. The third kappa shape index (κ3) is 5.90. The van der Waals surface area contributed by atoms with Gasteiger partial charge in [-0.3, -0.25) is 34.7 Å².